The largest absolute Gasteiger partial charge is 0.870 e. The molecule has 0 bridgehead atoms. The summed E-state index contributed by atoms with van der Waals surface area (Å²) in [5.74, 6) is -1.04. The number of aromatic carboxylic acids is 1. The van der Waals surface area contributed by atoms with Gasteiger partial charge in [0.1, 0.15) is 5.82 Å². The molecule has 2 aromatic carbocycles. The maximum atomic E-state index is 15.2. The van der Waals surface area contributed by atoms with Gasteiger partial charge in [0.05, 0.1) is 11.4 Å². The van der Waals surface area contributed by atoms with Gasteiger partial charge in [-0.1, -0.05) is 23.3 Å². The summed E-state index contributed by atoms with van der Waals surface area (Å²) >= 11 is 1.19. The molecule has 2 heterocycles. The van der Waals surface area contributed by atoms with Crippen LogP contribution in [0.1, 0.15) is 71.9 Å². The zero-order valence-electron chi connectivity index (χ0n) is 23.5. The van der Waals surface area contributed by atoms with E-state index in [0.29, 0.717) is 52.2 Å². The van der Waals surface area contributed by atoms with Gasteiger partial charge in [-0.05, 0) is 91.8 Å². The first-order valence-electron chi connectivity index (χ1n) is 14.0. The topological polar surface area (TPSA) is 141 Å². The molecule has 12 heteroatoms. The highest BCUT2D eigenvalue weighted by Crippen LogP contribution is 2.39. The highest BCUT2D eigenvalue weighted by Gasteiger charge is 2.30. The summed E-state index contributed by atoms with van der Waals surface area (Å²) in [6.07, 6.45) is 7.93. The van der Waals surface area contributed by atoms with Gasteiger partial charge in [0, 0.05) is 28.5 Å². The number of hydrogen-bond donors (Lipinski definition) is 2. The van der Waals surface area contributed by atoms with Crippen molar-refractivity contribution in [1.82, 2.24) is 14.8 Å². The number of benzene rings is 2. The Kier molecular flexibility index (Phi) is 9.02. The molecule has 4 aromatic rings. The van der Waals surface area contributed by atoms with E-state index >= 15 is 4.39 Å². The van der Waals surface area contributed by atoms with Crippen LogP contribution in [0.3, 0.4) is 0 Å². The van der Waals surface area contributed by atoms with Crippen LogP contribution in [0.5, 0.6) is 0 Å². The number of thiol groups is 1. The van der Waals surface area contributed by atoms with E-state index in [0.717, 1.165) is 48.9 Å². The van der Waals surface area contributed by atoms with Crippen LogP contribution in [0.2, 0.25) is 0 Å². The van der Waals surface area contributed by atoms with Crippen molar-refractivity contribution in [3.05, 3.63) is 87.6 Å². The second kappa shape index (κ2) is 12.6. The first-order valence-corrected chi connectivity index (χ1v) is 16.2. The molecule has 226 valence electrons. The van der Waals surface area contributed by atoms with Gasteiger partial charge in [-0.15, -0.1) is 16.5 Å². The molecule has 0 saturated heterocycles. The van der Waals surface area contributed by atoms with E-state index in [1.54, 1.807) is 16.8 Å². The fourth-order valence-corrected chi connectivity index (χ4v) is 6.77. The van der Waals surface area contributed by atoms with Crippen molar-refractivity contribution in [3.63, 3.8) is 0 Å². The zero-order valence-corrected chi connectivity index (χ0v) is 25.2. The standard InChI is InChI=1S/C31H30F2N4O3S2.H2O/c1-17-2-7-20(8-3-17)22-15-21(9-10-24(22)32)29-23(12-19-6-11-28(42(34)40)25(33)13-19)27(14-18-4-5-18)37(36-29)31-35-26(16-41-31)30(38)39;/h6-7,9-11,13,15-18H,2-5,8,12,14H2,1H3,(H2,34,40)(H,38,39);1H2. The Balaban J connectivity index is 0.00000368. The lowest BCUT2D eigenvalue weighted by Gasteiger charge is -2.19. The van der Waals surface area contributed by atoms with Crippen LogP contribution in [0.25, 0.3) is 22.0 Å². The average molecular weight is 627 g/mol. The molecule has 1 saturated carbocycles. The summed E-state index contributed by atoms with van der Waals surface area (Å²) in [6, 6.07) is 9.49. The molecule has 0 aliphatic heterocycles. The van der Waals surface area contributed by atoms with E-state index in [2.05, 4.69) is 18.0 Å². The Labute approximate surface area is 254 Å². The number of aromatic nitrogens is 3. The average Bonchev–Trinajstić information content (AvgIpc) is 3.52. The Hall–Kier alpha value is -3.58. The zero-order chi connectivity index (χ0) is 29.5. The van der Waals surface area contributed by atoms with Crippen LogP contribution in [-0.4, -0.2) is 31.3 Å². The summed E-state index contributed by atoms with van der Waals surface area (Å²) in [5, 5.41) is 21.8. The number of carbonyl (C=O) groups is 1. The first-order chi connectivity index (χ1) is 20.2. The van der Waals surface area contributed by atoms with Crippen molar-refractivity contribution < 1.29 is 28.4 Å². The third-order valence-corrected chi connectivity index (χ3v) is 9.70. The molecule has 8 nitrogen and oxygen atoms in total. The fourth-order valence-electron chi connectivity index (χ4n) is 5.50. The number of rotatable bonds is 9. The van der Waals surface area contributed by atoms with Gasteiger partial charge in [-0.25, -0.2) is 23.2 Å². The van der Waals surface area contributed by atoms with Crippen LogP contribution in [0.4, 0.5) is 8.78 Å². The molecular formula is C31H32F2N4O4S2. The van der Waals surface area contributed by atoms with Crippen LogP contribution in [-0.2, 0) is 28.0 Å². The van der Waals surface area contributed by atoms with E-state index < -0.39 is 22.8 Å². The fraction of sp³-hybridized carbons (Fsp3) is 0.323. The maximum absolute atomic E-state index is 15.2. The van der Waals surface area contributed by atoms with E-state index in [1.165, 1.54) is 34.9 Å². The lowest BCUT2D eigenvalue weighted by Crippen LogP contribution is -2.07. The lowest BCUT2D eigenvalue weighted by molar-refractivity contribution is 0.0691. The first kappa shape index (κ1) is 30.9. The quantitative estimate of drug-likeness (QED) is 0.161. The summed E-state index contributed by atoms with van der Waals surface area (Å²) < 4.78 is 43.5. The van der Waals surface area contributed by atoms with Crippen molar-refractivity contribution in [2.24, 2.45) is 17.0 Å². The molecule has 2 aromatic heterocycles. The van der Waals surface area contributed by atoms with Crippen LogP contribution in [0.15, 0.2) is 52.7 Å². The molecule has 2 unspecified atom stereocenters. The molecule has 2 aliphatic carbocycles. The normalized spacial score (nSPS) is 17.3. The van der Waals surface area contributed by atoms with Crippen molar-refractivity contribution in [2.45, 2.75) is 56.8 Å². The molecule has 1 fully saturated rings. The number of thiazole rings is 1. The summed E-state index contributed by atoms with van der Waals surface area (Å²) in [6.45, 7) is 2.19. The lowest BCUT2D eigenvalue weighted by atomic mass is 9.86. The van der Waals surface area contributed by atoms with Crippen LogP contribution < -0.4 is 5.14 Å². The molecule has 6 rings (SSSR count). The minimum Gasteiger partial charge on any atom is -0.870 e. The minimum absolute atomic E-state index is 0. The van der Waals surface area contributed by atoms with Gasteiger partial charge in [-0.3, -0.25) is 0 Å². The molecule has 2 aliphatic rings. The van der Waals surface area contributed by atoms with Gasteiger partial charge in [-0.2, -0.15) is 5.10 Å². The van der Waals surface area contributed by atoms with E-state index in [-0.39, 0.29) is 21.9 Å². The molecule has 43 heavy (non-hydrogen) atoms. The van der Waals surface area contributed by atoms with Crippen LogP contribution >= 0.6 is 11.3 Å². The summed E-state index contributed by atoms with van der Waals surface area (Å²) in [4.78, 5) is 15.9. The number of hydrogen-bond acceptors (Lipinski definition) is 6. The number of nitrogens with zero attached hydrogens (tertiary/aromatic N) is 3. The smallest absolute Gasteiger partial charge is 0.355 e. The Morgan fingerprint density at radius 3 is 2.58 bits per heavy atom. The molecule has 2 atom stereocenters. The van der Waals surface area contributed by atoms with Gasteiger partial charge in [0.2, 0.25) is 10.0 Å². The maximum Gasteiger partial charge on any atom is 0.355 e. The molecule has 0 radical (unpaired) electrons. The summed E-state index contributed by atoms with van der Waals surface area (Å²) in [7, 11) is -2.32. The van der Waals surface area contributed by atoms with Gasteiger partial charge < -0.3 is 10.6 Å². The number of nitrogens with two attached hydrogens (primary N) is 1. The monoisotopic (exact) mass is 626 g/mol. The van der Waals surface area contributed by atoms with Gasteiger partial charge in [0.25, 0.3) is 0 Å². The SMILES string of the molecule is CC1CC=C(c2cc(-c3nn(-c4nc(C(=O)O)cs4)c(CC4CC4)c3Cc3ccc([SH+](N)=O)c(F)c3)ccc2F)CC1.[OH-]. The van der Waals surface area contributed by atoms with E-state index in [1.807, 2.05) is 6.07 Å². The van der Waals surface area contributed by atoms with Gasteiger partial charge >= 0.3 is 5.97 Å². The summed E-state index contributed by atoms with van der Waals surface area (Å²) in [5.41, 5.74) is 5.13. The number of carboxylic acid groups (broad SMARTS) is 1. The Bertz CT molecular complexity index is 1750. The third kappa shape index (κ3) is 6.52. The third-order valence-electron chi connectivity index (χ3n) is 8.05. The predicted octanol–water partition coefficient (Wildman–Crippen LogP) is 6.47. The Morgan fingerprint density at radius 2 is 1.95 bits per heavy atom. The number of halogens is 2. The Morgan fingerprint density at radius 1 is 1.16 bits per heavy atom. The van der Waals surface area contributed by atoms with E-state index in [9.17, 15) is 18.5 Å². The molecular weight excluding hydrogens is 594 g/mol. The molecule has 0 spiro atoms. The van der Waals surface area contributed by atoms with Crippen molar-refractivity contribution in [3.8, 4) is 16.4 Å². The second-order valence-electron chi connectivity index (χ2n) is 11.2. The molecule has 0 amide bonds. The highest BCUT2D eigenvalue weighted by molar-refractivity contribution is 7.82. The van der Waals surface area contributed by atoms with Crippen molar-refractivity contribution in [1.29, 1.82) is 0 Å². The minimum atomic E-state index is -2.32. The molecule has 4 N–H and O–H groups in total. The number of carboxylic acids is 1. The van der Waals surface area contributed by atoms with Crippen molar-refractivity contribution >= 4 is 33.9 Å². The van der Waals surface area contributed by atoms with Crippen LogP contribution in [0, 0.1) is 23.5 Å². The highest BCUT2D eigenvalue weighted by atomic mass is 32.2. The second-order valence-corrected chi connectivity index (χ2v) is 13.2. The van der Waals surface area contributed by atoms with Crippen molar-refractivity contribution in [2.75, 3.05) is 0 Å². The van der Waals surface area contributed by atoms with Gasteiger partial charge in [0.15, 0.2) is 22.5 Å². The number of allylic oxidation sites excluding steroid dienone is 2. The van der Waals surface area contributed by atoms with E-state index in [4.69, 9.17) is 10.2 Å². The predicted molar refractivity (Wildman–Crippen MR) is 162 cm³/mol.